The van der Waals surface area contributed by atoms with Crippen LogP contribution in [0.4, 0.5) is 0 Å². The van der Waals surface area contributed by atoms with Gasteiger partial charge < -0.3 is 45.5 Å². The lowest BCUT2D eigenvalue weighted by molar-refractivity contribution is -0.247. The normalized spacial score (nSPS) is 28.0. The number of fused-ring (bicyclic) bond motifs is 3. The van der Waals surface area contributed by atoms with Crippen LogP contribution in [-0.4, -0.2) is 91.9 Å². The van der Waals surface area contributed by atoms with Gasteiger partial charge in [0.25, 0.3) is 6.47 Å². The van der Waals surface area contributed by atoms with Gasteiger partial charge in [-0.1, -0.05) is 28.1 Å². The number of aromatic hydroxyl groups is 2. The molecule has 1 fully saturated rings. The monoisotopic (exact) mass is 651 g/mol. The van der Waals surface area contributed by atoms with Gasteiger partial charge in [0.15, 0.2) is 17.9 Å². The highest BCUT2D eigenvalue weighted by molar-refractivity contribution is 9.09. The Morgan fingerprint density at radius 1 is 1.19 bits per heavy atom. The van der Waals surface area contributed by atoms with Crippen LogP contribution in [-0.2, 0) is 25.5 Å². The van der Waals surface area contributed by atoms with Crippen molar-refractivity contribution in [3.8, 4) is 17.2 Å². The molecule has 2 aromatic rings. The summed E-state index contributed by atoms with van der Waals surface area (Å²) in [5, 5.41) is 51.1. The second-order valence-corrected chi connectivity index (χ2v) is 10.8. The Bertz CT molecular complexity index is 1430. The van der Waals surface area contributed by atoms with E-state index in [2.05, 4.69) is 15.9 Å². The van der Waals surface area contributed by atoms with Gasteiger partial charge in [-0.25, -0.2) is 0 Å². The van der Waals surface area contributed by atoms with Gasteiger partial charge in [0, 0.05) is 42.0 Å². The number of hydrogen-bond donors (Lipinski definition) is 6. The van der Waals surface area contributed by atoms with Crippen molar-refractivity contribution in [1.82, 2.24) is 0 Å². The van der Waals surface area contributed by atoms with Crippen LogP contribution in [0.1, 0.15) is 68.8 Å². The summed E-state index contributed by atoms with van der Waals surface area (Å²) in [5.74, 6) is -3.20. The number of carbonyl (C=O) groups is 4. The number of aliphatic hydroxyl groups excluding tert-OH is 1. The minimum absolute atomic E-state index is 0.0194. The van der Waals surface area contributed by atoms with Crippen molar-refractivity contribution < 1.29 is 58.9 Å². The summed E-state index contributed by atoms with van der Waals surface area (Å²) in [7, 11) is 1.34. The number of aliphatic hydroxyl groups is 2. The zero-order valence-electron chi connectivity index (χ0n) is 22.6. The predicted molar refractivity (Wildman–Crippen MR) is 147 cm³/mol. The van der Waals surface area contributed by atoms with E-state index in [0.29, 0.717) is 0 Å². The summed E-state index contributed by atoms with van der Waals surface area (Å²) < 4.78 is 17.1. The van der Waals surface area contributed by atoms with E-state index in [9.17, 15) is 34.8 Å². The highest BCUT2D eigenvalue weighted by Gasteiger charge is 2.50. The molecule has 5 rings (SSSR count). The Kier molecular flexibility index (Phi) is 9.06. The van der Waals surface area contributed by atoms with E-state index in [1.165, 1.54) is 25.3 Å². The lowest BCUT2D eigenvalue weighted by Crippen LogP contribution is -2.52. The topological polar surface area (TPSA) is 223 Å². The predicted octanol–water partition coefficient (Wildman–Crippen LogP) is 1.10. The first-order valence-corrected chi connectivity index (χ1v) is 14.0. The molecule has 1 heterocycles. The number of carbonyl (C=O) groups excluding carboxylic acids is 3. The molecule has 0 radical (unpaired) electrons. The van der Waals surface area contributed by atoms with Gasteiger partial charge in [-0.05, 0) is 13.0 Å². The number of ketones is 3. The third kappa shape index (κ3) is 5.18. The van der Waals surface area contributed by atoms with E-state index < -0.39 is 82.6 Å². The fraction of sp³-hybridized carbons (Fsp3) is 0.429. The number of Topliss-reactive ketones (excluding diaryl/α,β-unsaturated/α-hetero) is 1. The quantitative estimate of drug-likeness (QED) is 0.129. The fourth-order valence-electron chi connectivity index (χ4n) is 5.73. The summed E-state index contributed by atoms with van der Waals surface area (Å²) in [5.41, 5.74) is 2.91. The van der Waals surface area contributed by atoms with Gasteiger partial charge in [-0.3, -0.25) is 19.2 Å². The molecule has 2 aliphatic carbocycles. The maximum atomic E-state index is 13.7. The lowest BCUT2D eigenvalue weighted by atomic mass is 9.72. The molecule has 1 aliphatic heterocycles. The van der Waals surface area contributed by atoms with Crippen molar-refractivity contribution in [3.63, 3.8) is 0 Å². The zero-order chi connectivity index (χ0) is 31.1. The molecular formula is C28H30BrNO12. The average Bonchev–Trinajstić information content (AvgIpc) is 2.95. The third-order valence-electron chi connectivity index (χ3n) is 7.78. The van der Waals surface area contributed by atoms with E-state index in [-0.39, 0.29) is 52.6 Å². The fourth-order valence-corrected chi connectivity index (χ4v) is 6.25. The van der Waals surface area contributed by atoms with E-state index in [0.717, 1.165) is 0 Å². The molecule has 6 atom stereocenters. The molecule has 7 N–H and O–H groups in total. The first-order valence-electron chi connectivity index (χ1n) is 12.9. The average molecular weight is 652 g/mol. The van der Waals surface area contributed by atoms with Crippen LogP contribution >= 0.6 is 15.9 Å². The van der Waals surface area contributed by atoms with Crippen LogP contribution in [0, 0.1) is 0 Å². The molecule has 0 amide bonds. The number of phenols is 2. The van der Waals surface area contributed by atoms with Gasteiger partial charge in [0.2, 0.25) is 5.78 Å². The van der Waals surface area contributed by atoms with Gasteiger partial charge in [-0.15, -0.1) is 0 Å². The highest BCUT2D eigenvalue weighted by Crippen LogP contribution is 2.52. The van der Waals surface area contributed by atoms with Crippen LogP contribution in [0.25, 0.3) is 0 Å². The standard InChI is InChI=1S/C27H28BrNO10.CH2O2/c1-10-22(31)13(29)6-17(38-10)39-15-8-27(36,16(30)9-28)7-12-19(15)26(35)21-20(24(12)33)23(32)11-4-3-5-14(37-2)18(11)25(21)34;2-1-3/h3-5,10,13,15,17,22,31,33,35-36H,6-9,29H2,1-2H3;1H,(H,2,3)/t10?,13?,15-,17?,22?,27-;/m1./s1. The Morgan fingerprint density at radius 2 is 1.83 bits per heavy atom. The first kappa shape index (κ1) is 31.5. The minimum Gasteiger partial charge on any atom is -0.507 e. The molecule has 3 aliphatic rings. The van der Waals surface area contributed by atoms with Crippen molar-refractivity contribution in [2.24, 2.45) is 5.73 Å². The summed E-state index contributed by atoms with van der Waals surface area (Å²) in [4.78, 5) is 48.4. The van der Waals surface area contributed by atoms with Gasteiger partial charge >= 0.3 is 0 Å². The number of carboxylic acid groups (broad SMARTS) is 1. The number of alkyl halides is 1. The number of hydrogen-bond acceptors (Lipinski definition) is 12. The highest BCUT2D eigenvalue weighted by atomic mass is 79.9. The molecule has 0 spiro atoms. The van der Waals surface area contributed by atoms with Crippen LogP contribution in [0.15, 0.2) is 18.2 Å². The van der Waals surface area contributed by atoms with Crippen molar-refractivity contribution in [2.45, 2.75) is 62.4 Å². The second kappa shape index (κ2) is 12.1. The van der Waals surface area contributed by atoms with Gasteiger partial charge in [-0.2, -0.15) is 0 Å². The minimum atomic E-state index is -2.04. The van der Waals surface area contributed by atoms with E-state index in [1.807, 2.05) is 0 Å². The largest absolute Gasteiger partial charge is 0.507 e. The number of benzene rings is 2. The number of nitrogens with two attached hydrogens (primary N) is 1. The number of halogens is 1. The van der Waals surface area contributed by atoms with Crippen molar-refractivity contribution in [3.05, 3.63) is 51.6 Å². The smallest absolute Gasteiger partial charge is 0.290 e. The Morgan fingerprint density at radius 3 is 2.43 bits per heavy atom. The van der Waals surface area contributed by atoms with Gasteiger partial charge in [0.05, 0.1) is 47.4 Å². The van der Waals surface area contributed by atoms with Crippen LogP contribution in [0.5, 0.6) is 17.2 Å². The maximum absolute atomic E-state index is 13.7. The summed E-state index contributed by atoms with van der Waals surface area (Å²) in [6, 6.07) is 3.74. The van der Waals surface area contributed by atoms with E-state index in [4.69, 9.17) is 29.8 Å². The molecule has 42 heavy (non-hydrogen) atoms. The van der Waals surface area contributed by atoms with E-state index >= 15 is 0 Å². The number of rotatable bonds is 5. The Labute approximate surface area is 247 Å². The van der Waals surface area contributed by atoms with Crippen molar-refractivity contribution >= 4 is 39.8 Å². The number of phenolic OH excluding ortho intramolecular Hbond substituents is 2. The summed E-state index contributed by atoms with van der Waals surface area (Å²) in [6.07, 6.45) is -4.62. The molecule has 13 nitrogen and oxygen atoms in total. The molecule has 0 bridgehead atoms. The van der Waals surface area contributed by atoms with Crippen LogP contribution in [0.2, 0.25) is 0 Å². The molecule has 1 saturated heterocycles. The number of methoxy groups -OCH3 is 1. The molecule has 2 aromatic carbocycles. The van der Waals surface area contributed by atoms with E-state index in [1.54, 1.807) is 6.92 Å². The van der Waals surface area contributed by atoms with Crippen LogP contribution < -0.4 is 10.5 Å². The Balaban J connectivity index is 0.00000129. The maximum Gasteiger partial charge on any atom is 0.290 e. The second-order valence-electron chi connectivity index (χ2n) is 10.2. The molecular weight excluding hydrogens is 622 g/mol. The summed E-state index contributed by atoms with van der Waals surface area (Å²) >= 11 is 3.07. The molecule has 226 valence electrons. The van der Waals surface area contributed by atoms with Crippen molar-refractivity contribution in [2.75, 3.05) is 12.4 Å². The van der Waals surface area contributed by atoms with Crippen LogP contribution in [0.3, 0.4) is 0 Å². The van der Waals surface area contributed by atoms with Crippen molar-refractivity contribution in [1.29, 1.82) is 0 Å². The molecule has 0 aromatic heterocycles. The molecule has 4 unspecified atom stereocenters. The first-order chi connectivity index (χ1) is 19.8. The SMILES string of the molecule is COc1cccc2c1C(=O)c1c(O)c3c(c(O)c1C2=O)C[C@](O)(C(=O)CBr)C[C@H]3OC1CC(N)C(O)C(C)O1.O=CO. The summed E-state index contributed by atoms with van der Waals surface area (Å²) in [6.45, 7) is 1.36. The molecule has 0 saturated carbocycles. The van der Waals surface area contributed by atoms with Gasteiger partial charge in [0.1, 0.15) is 22.8 Å². The zero-order valence-corrected chi connectivity index (χ0v) is 24.2. The number of ether oxygens (including phenoxy) is 3. The third-order valence-corrected chi connectivity index (χ3v) is 8.29. The molecule has 14 heteroatoms. The lowest BCUT2D eigenvalue weighted by Gasteiger charge is -2.42. The Hall–Kier alpha value is -3.40.